The SMILES string of the molecule is CNCCN(C)Cc1n[nH]cc1-c1cc(CC(C)C)cc(CC(C)C)c1. The Morgan fingerprint density at radius 3 is 2.19 bits per heavy atom. The molecule has 1 aromatic carbocycles. The zero-order chi connectivity index (χ0) is 19.1. The fraction of sp³-hybridized carbons (Fsp3) is 0.591. The Kier molecular flexibility index (Phi) is 7.85. The van der Waals surface area contributed by atoms with Gasteiger partial charge in [0, 0.05) is 31.4 Å². The minimum absolute atomic E-state index is 0.661. The molecule has 2 aromatic rings. The smallest absolute Gasteiger partial charge is 0.0840 e. The summed E-state index contributed by atoms with van der Waals surface area (Å²) in [6.07, 6.45) is 4.29. The summed E-state index contributed by atoms with van der Waals surface area (Å²) in [5.41, 5.74) is 6.52. The lowest BCUT2D eigenvalue weighted by atomic mass is 9.92. The van der Waals surface area contributed by atoms with E-state index in [9.17, 15) is 0 Å². The average Bonchev–Trinajstić information content (AvgIpc) is 2.99. The normalized spacial score (nSPS) is 11.9. The van der Waals surface area contributed by atoms with Crippen LogP contribution >= 0.6 is 0 Å². The molecule has 0 aliphatic heterocycles. The van der Waals surface area contributed by atoms with E-state index in [-0.39, 0.29) is 0 Å². The van der Waals surface area contributed by atoms with Gasteiger partial charge in [-0.25, -0.2) is 0 Å². The van der Waals surface area contributed by atoms with E-state index < -0.39 is 0 Å². The van der Waals surface area contributed by atoms with Crippen LogP contribution in [0.25, 0.3) is 11.1 Å². The number of hydrogen-bond donors (Lipinski definition) is 2. The molecular weight excluding hydrogens is 320 g/mol. The van der Waals surface area contributed by atoms with Gasteiger partial charge in [-0.1, -0.05) is 45.9 Å². The molecule has 26 heavy (non-hydrogen) atoms. The first-order valence-electron chi connectivity index (χ1n) is 9.88. The molecule has 0 aliphatic carbocycles. The number of benzene rings is 1. The number of aromatic amines is 1. The van der Waals surface area contributed by atoms with E-state index in [1.807, 2.05) is 7.05 Å². The summed E-state index contributed by atoms with van der Waals surface area (Å²) in [4.78, 5) is 2.31. The molecule has 0 atom stereocenters. The third kappa shape index (κ3) is 6.26. The van der Waals surface area contributed by atoms with E-state index in [0.717, 1.165) is 38.2 Å². The largest absolute Gasteiger partial charge is 0.318 e. The van der Waals surface area contributed by atoms with Crippen molar-refractivity contribution in [2.45, 2.75) is 47.1 Å². The van der Waals surface area contributed by atoms with Crippen molar-refractivity contribution >= 4 is 0 Å². The molecule has 0 fully saturated rings. The number of likely N-dealkylation sites (N-methyl/N-ethyl adjacent to an activating group) is 2. The predicted octanol–water partition coefficient (Wildman–Crippen LogP) is 4.12. The van der Waals surface area contributed by atoms with Crippen molar-refractivity contribution in [3.05, 3.63) is 41.2 Å². The summed E-state index contributed by atoms with van der Waals surface area (Å²) in [6, 6.07) is 7.10. The van der Waals surface area contributed by atoms with Crippen molar-refractivity contribution in [2.75, 3.05) is 27.2 Å². The van der Waals surface area contributed by atoms with Gasteiger partial charge in [-0.2, -0.15) is 5.10 Å². The van der Waals surface area contributed by atoms with Crippen LogP contribution in [-0.4, -0.2) is 42.3 Å². The maximum Gasteiger partial charge on any atom is 0.0840 e. The molecule has 0 saturated heterocycles. The lowest BCUT2D eigenvalue weighted by Crippen LogP contribution is -2.27. The molecule has 0 aliphatic rings. The van der Waals surface area contributed by atoms with Crippen molar-refractivity contribution in [2.24, 2.45) is 11.8 Å². The molecule has 0 bridgehead atoms. The first-order chi connectivity index (χ1) is 12.4. The van der Waals surface area contributed by atoms with Crippen LogP contribution in [0.2, 0.25) is 0 Å². The Morgan fingerprint density at radius 2 is 1.65 bits per heavy atom. The molecular formula is C22H36N4. The highest BCUT2D eigenvalue weighted by atomic mass is 15.2. The number of H-pyrrole nitrogens is 1. The van der Waals surface area contributed by atoms with Gasteiger partial charge in [0.2, 0.25) is 0 Å². The molecule has 0 spiro atoms. The second-order valence-electron chi connectivity index (χ2n) is 8.32. The number of nitrogens with zero attached hydrogens (tertiary/aromatic N) is 2. The second kappa shape index (κ2) is 9.89. The van der Waals surface area contributed by atoms with Gasteiger partial charge in [0.15, 0.2) is 0 Å². The second-order valence-corrected chi connectivity index (χ2v) is 8.32. The number of nitrogens with one attached hydrogen (secondary N) is 2. The summed E-state index contributed by atoms with van der Waals surface area (Å²) < 4.78 is 0. The van der Waals surface area contributed by atoms with Crippen LogP contribution in [0, 0.1) is 11.8 Å². The molecule has 2 N–H and O–H groups in total. The van der Waals surface area contributed by atoms with Crippen LogP contribution in [0.5, 0.6) is 0 Å². The van der Waals surface area contributed by atoms with E-state index in [0.29, 0.717) is 11.8 Å². The van der Waals surface area contributed by atoms with Crippen molar-refractivity contribution in [3.63, 3.8) is 0 Å². The lowest BCUT2D eigenvalue weighted by Gasteiger charge is -2.17. The van der Waals surface area contributed by atoms with Crippen molar-refractivity contribution < 1.29 is 0 Å². The van der Waals surface area contributed by atoms with Crippen LogP contribution in [0.1, 0.15) is 44.5 Å². The van der Waals surface area contributed by atoms with E-state index in [2.05, 4.69) is 79.6 Å². The summed E-state index contributed by atoms with van der Waals surface area (Å²) in [5.74, 6) is 1.32. The van der Waals surface area contributed by atoms with E-state index in [1.54, 1.807) is 0 Å². The Hall–Kier alpha value is -1.65. The molecule has 0 radical (unpaired) electrons. The fourth-order valence-corrected chi connectivity index (χ4v) is 3.42. The van der Waals surface area contributed by atoms with Crippen LogP contribution in [-0.2, 0) is 19.4 Å². The van der Waals surface area contributed by atoms with Gasteiger partial charge in [-0.15, -0.1) is 0 Å². The van der Waals surface area contributed by atoms with Crippen LogP contribution in [0.15, 0.2) is 24.4 Å². The zero-order valence-corrected chi connectivity index (χ0v) is 17.4. The van der Waals surface area contributed by atoms with Crippen LogP contribution < -0.4 is 5.32 Å². The van der Waals surface area contributed by atoms with Crippen LogP contribution in [0.4, 0.5) is 0 Å². The quantitative estimate of drug-likeness (QED) is 0.673. The Labute approximate surface area is 159 Å². The molecule has 0 unspecified atom stereocenters. The lowest BCUT2D eigenvalue weighted by molar-refractivity contribution is 0.324. The number of aromatic nitrogens is 2. The summed E-state index contributed by atoms with van der Waals surface area (Å²) in [6.45, 7) is 12.0. The summed E-state index contributed by atoms with van der Waals surface area (Å²) in [5, 5.41) is 10.8. The van der Waals surface area contributed by atoms with Gasteiger partial charge in [-0.05, 0) is 55.5 Å². The fourth-order valence-electron chi connectivity index (χ4n) is 3.42. The molecule has 4 nitrogen and oxygen atoms in total. The summed E-state index contributed by atoms with van der Waals surface area (Å²) >= 11 is 0. The molecule has 144 valence electrons. The zero-order valence-electron chi connectivity index (χ0n) is 17.4. The van der Waals surface area contributed by atoms with Gasteiger partial charge in [0.25, 0.3) is 0 Å². The topological polar surface area (TPSA) is 44.0 Å². The van der Waals surface area contributed by atoms with Crippen molar-refractivity contribution in [1.29, 1.82) is 0 Å². The van der Waals surface area contributed by atoms with Gasteiger partial charge in [0.05, 0.1) is 5.69 Å². The molecule has 2 rings (SSSR count). The highest BCUT2D eigenvalue weighted by molar-refractivity contribution is 5.67. The molecule has 1 aromatic heterocycles. The van der Waals surface area contributed by atoms with Gasteiger partial charge in [-0.3, -0.25) is 10.00 Å². The number of rotatable bonds is 10. The first kappa shape index (κ1) is 20.7. The van der Waals surface area contributed by atoms with Crippen molar-refractivity contribution in [1.82, 2.24) is 20.4 Å². The van der Waals surface area contributed by atoms with Gasteiger partial charge >= 0.3 is 0 Å². The molecule has 0 amide bonds. The minimum Gasteiger partial charge on any atom is -0.318 e. The molecule has 4 heteroatoms. The maximum atomic E-state index is 4.53. The van der Waals surface area contributed by atoms with Gasteiger partial charge < -0.3 is 5.32 Å². The third-order valence-corrected chi connectivity index (χ3v) is 4.53. The highest BCUT2D eigenvalue weighted by Gasteiger charge is 2.13. The van der Waals surface area contributed by atoms with E-state index in [4.69, 9.17) is 0 Å². The van der Waals surface area contributed by atoms with Crippen LogP contribution in [0.3, 0.4) is 0 Å². The molecule has 1 heterocycles. The maximum absolute atomic E-state index is 4.53. The minimum atomic E-state index is 0.661. The Balaban J connectivity index is 2.30. The Morgan fingerprint density at radius 1 is 1.04 bits per heavy atom. The Bertz CT molecular complexity index is 644. The molecule has 0 saturated carbocycles. The van der Waals surface area contributed by atoms with E-state index >= 15 is 0 Å². The van der Waals surface area contributed by atoms with Crippen molar-refractivity contribution in [3.8, 4) is 11.1 Å². The van der Waals surface area contributed by atoms with E-state index in [1.165, 1.54) is 22.3 Å². The number of hydrogen-bond acceptors (Lipinski definition) is 3. The first-order valence-corrected chi connectivity index (χ1v) is 9.88. The standard InChI is InChI=1S/C22H36N4/c1-16(2)9-18-11-19(10-17(3)4)13-20(12-18)21-14-24-25-22(21)15-26(6)8-7-23-5/h11-14,16-17,23H,7-10,15H2,1-6H3,(H,24,25). The monoisotopic (exact) mass is 356 g/mol. The highest BCUT2D eigenvalue weighted by Crippen LogP contribution is 2.27. The predicted molar refractivity (Wildman–Crippen MR) is 111 cm³/mol. The summed E-state index contributed by atoms with van der Waals surface area (Å²) in [7, 11) is 4.14. The average molecular weight is 357 g/mol. The van der Waals surface area contributed by atoms with Gasteiger partial charge in [0.1, 0.15) is 0 Å². The third-order valence-electron chi connectivity index (χ3n) is 4.53.